The summed E-state index contributed by atoms with van der Waals surface area (Å²) in [6, 6.07) is 14.5. The summed E-state index contributed by atoms with van der Waals surface area (Å²) < 4.78 is 7.06. The number of amides is 3. The van der Waals surface area contributed by atoms with Crippen molar-refractivity contribution < 1.29 is 14.3 Å². The Hall–Kier alpha value is -3.81. The van der Waals surface area contributed by atoms with Gasteiger partial charge in [0, 0.05) is 25.4 Å². The second-order valence-electron chi connectivity index (χ2n) is 6.36. The number of aromatic nitrogens is 2. The molecule has 3 N–H and O–H groups in total. The Kier molecular flexibility index (Phi) is 6.47. The third-order valence-electron chi connectivity index (χ3n) is 4.12. The number of nitrogens with one attached hydrogen (secondary N) is 3. The zero-order valence-electron chi connectivity index (χ0n) is 16.3. The van der Waals surface area contributed by atoms with Gasteiger partial charge in [0.05, 0.1) is 24.7 Å². The number of anilines is 2. The number of ether oxygens (including phenoxy) is 1. The Bertz CT molecular complexity index is 985. The van der Waals surface area contributed by atoms with Gasteiger partial charge in [-0.3, -0.25) is 4.79 Å². The molecule has 1 aromatic heterocycles. The maximum atomic E-state index is 12.2. The predicted octanol–water partition coefficient (Wildman–Crippen LogP) is 3.20. The van der Waals surface area contributed by atoms with Crippen LogP contribution in [0.3, 0.4) is 0 Å². The summed E-state index contributed by atoms with van der Waals surface area (Å²) in [6.07, 6.45) is 4.37. The molecule has 3 amide bonds. The molecule has 3 aromatic rings. The molecule has 150 valence electrons. The Morgan fingerprint density at radius 1 is 1.10 bits per heavy atom. The van der Waals surface area contributed by atoms with Crippen LogP contribution >= 0.6 is 0 Å². The SMILES string of the molecule is COc1ccc(NC(C)=O)cc1NC(=O)NCCc1cnn(-c2ccccc2)c1. The maximum absolute atomic E-state index is 12.2. The van der Waals surface area contributed by atoms with E-state index in [1.54, 1.807) is 29.1 Å². The van der Waals surface area contributed by atoms with E-state index in [1.165, 1.54) is 14.0 Å². The number of methoxy groups -OCH3 is 1. The van der Waals surface area contributed by atoms with Gasteiger partial charge < -0.3 is 20.7 Å². The van der Waals surface area contributed by atoms with E-state index in [-0.39, 0.29) is 11.9 Å². The summed E-state index contributed by atoms with van der Waals surface area (Å²) in [4.78, 5) is 23.5. The van der Waals surface area contributed by atoms with Crippen LogP contribution in [0.25, 0.3) is 5.69 Å². The van der Waals surface area contributed by atoms with Gasteiger partial charge in [0.2, 0.25) is 5.91 Å². The Balaban J connectivity index is 1.54. The minimum atomic E-state index is -0.362. The van der Waals surface area contributed by atoms with Crippen LogP contribution in [0.5, 0.6) is 5.75 Å². The third kappa shape index (κ3) is 5.58. The lowest BCUT2D eigenvalue weighted by Gasteiger charge is -2.13. The Morgan fingerprint density at radius 2 is 1.90 bits per heavy atom. The largest absolute Gasteiger partial charge is 0.495 e. The summed E-state index contributed by atoms with van der Waals surface area (Å²) in [7, 11) is 1.51. The third-order valence-corrected chi connectivity index (χ3v) is 4.12. The monoisotopic (exact) mass is 393 g/mol. The minimum absolute atomic E-state index is 0.193. The van der Waals surface area contributed by atoms with Gasteiger partial charge in [-0.05, 0) is 42.3 Å². The van der Waals surface area contributed by atoms with Crippen molar-refractivity contribution in [1.29, 1.82) is 0 Å². The van der Waals surface area contributed by atoms with Crippen LogP contribution in [0.4, 0.5) is 16.2 Å². The van der Waals surface area contributed by atoms with Gasteiger partial charge >= 0.3 is 6.03 Å². The number of carbonyl (C=O) groups is 2. The van der Waals surface area contributed by atoms with E-state index < -0.39 is 0 Å². The molecule has 29 heavy (non-hydrogen) atoms. The first-order valence-electron chi connectivity index (χ1n) is 9.14. The molecule has 8 heteroatoms. The van der Waals surface area contributed by atoms with Crippen molar-refractivity contribution in [1.82, 2.24) is 15.1 Å². The zero-order valence-corrected chi connectivity index (χ0v) is 16.3. The lowest BCUT2D eigenvalue weighted by Crippen LogP contribution is -2.30. The van der Waals surface area contributed by atoms with Crippen LogP contribution in [-0.4, -0.2) is 35.4 Å². The van der Waals surface area contributed by atoms with Gasteiger partial charge in [0.25, 0.3) is 0 Å². The number of nitrogens with zero attached hydrogens (tertiary/aromatic N) is 2. The van der Waals surface area contributed by atoms with Crippen molar-refractivity contribution in [2.24, 2.45) is 0 Å². The smallest absolute Gasteiger partial charge is 0.319 e. The summed E-state index contributed by atoms with van der Waals surface area (Å²) >= 11 is 0. The summed E-state index contributed by atoms with van der Waals surface area (Å²) in [5.41, 5.74) is 3.03. The first-order valence-corrected chi connectivity index (χ1v) is 9.14. The highest BCUT2D eigenvalue weighted by molar-refractivity contribution is 5.94. The molecule has 0 spiro atoms. The number of benzene rings is 2. The molecule has 0 atom stereocenters. The van der Waals surface area contributed by atoms with Gasteiger partial charge in [-0.2, -0.15) is 5.10 Å². The number of hydrogen-bond acceptors (Lipinski definition) is 4. The molecular weight excluding hydrogens is 370 g/mol. The molecule has 0 fully saturated rings. The van der Waals surface area contributed by atoms with Gasteiger partial charge in [0.1, 0.15) is 5.75 Å². The second kappa shape index (κ2) is 9.41. The van der Waals surface area contributed by atoms with Crippen LogP contribution < -0.4 is 20.7 Å². The molecule has 0 aliphatic heterocycles. The highest BCUT2D eigenvalue weighted by atomic mass is 16.5. The zero-order chi connectivity index (χ0) is 20.6. The number of urea groups is 1. The topological polar surface area (TPSA) is 97.3 Å². The van der Waals surface area contributed by atoms with Crippen LogP contribution in [0.1, 0.15) is 12.5 Å². The van der Waals surface area contributed by atoms with E-state index in [9.17, 15) is 9.59 Å². The van der Waals surface area contributed by atoms with E-state index in [1.807, 2.05) is 36.5 Å². The van der Waals surface area contributed by atoms with Crippen molar-refractivity contribution in [3.63, 3.8) is 0 Å². The fourth-order valence-corrected chi connectivity index (χ4v) is 2.78. The normalized spacial score (nSPS) is 10.3. The Morgan fingerprint density at radius 3 is 2.62 bits per heavy atom. The van der Waals surface area contributed by atoms with E-state index in [2.05, 4.69) is 21.0 Å². The van der Waals surface area contributed by atoms with Gasteiger partial charge in [-0.15, -0.1) is 0 Å². The highest BCUT2D eigenvalue weighted by Gasteiger charge is 2.09. The lowest BCUT2D eigenvalue weighted by atomic mass is 10.2. The first-order chi connectivity index (χ1) is 14.0. The van der Waals surface area contributed by atoms with Crippen LogP contribution in [0.2, 0.25) is 0 Å². The van der Waals surface area contributed by atoms with Crippen molar-refractivity contribution in [3.05, 3.63) is 66.5 Å². The molecule has 0 unspecified atom stereocenters. The molecule has 0 aliphatic rings. The molecule has 1 heterocycles. The molecule has 0 saturated heterocycles. The number of carbonyl (C=O) groups excluding carboxylic acids is 2. The lowest BCUT2D eigenvalue weighted by molar-refractivity contribution is -0.114. The quantitative estimate of drug-likeness (QED) is 0.574. The molecule has 0 saturated carbocycles. The van der Waals surface area contributed by atoms with Crippen molar-refractivity contribution in [2.45, 2.75) is 13.3 Å². The van der Waals surface area contributed by atoms with E-state index in [0.717, 1.165) is 11.3 Å². The molecule has 0 bridgehead atoms. The van der Waals surface area contributed by atoms with Crippen LogP contribution in [0.15, 0.2) is 60.9 Å². The van der Waals surface area contributed by atoms with E-state index >= 15 is 0 Å². The standard InChI is InChI=1S/C21H23N5O3/c1-15(27)24-17-8-9-20(29-2)19(12-17)25-21(28)22-11-10-16-13-23-26(14-16)18-6-4-3-5-7-18/h3-9,12-14H,10-11H2,1-2H3,(H,24,27)(H2,22,25,28). The van der Waals surface area contributed by atoms with Gasteiger partial charge in [0.15, 0.2) is 0 Å². The average Bonchev–Trinajstić information content (AvgIpc) is 3.17. The fraction of sp³-hybridized carbons (Fsp3) is 0.190. The summed E-state index contributed by atoms with van der Waals surface area (Å²) in [5.74, 6) is 0.306. The molecule has 2 aromatic carbocycles. The second-order valence-corrected chi connectivity index (χ2v) is 6.36. The number of hydrogen-bond donors (Lipinski definition) is 3. The molecular formula is C21H23N5O3. The van der Waals surface area contributed by atoms with Crippen molar-refractivity contribution in [2.75, 3.05) is 24.3 Å². The molecule has 3 rings (SSSR count). The molecule has 0 radical (unpaired) electrons. The van der Waals surface area contributed by atoms with Gasteiger partial charge in [-0.25, -0.2) is 9.48 Å². The van der Waals surface area contributed by atoms with Crippen molar-refractivity contribution >= 4 is 23.3 Å². The van der Waals surface area contributed by atoms with Crippen molar-refractivity contribution in [3.8, 4) is 11.4 Å². The number of para-hydroxylation sites is 1. The molecule has 8 nitrogen and oxygen atoms in total. The first kappa shape index (κ1) is 19.9. The fourth-order valence-electron chi connectivity index (χ4n) is 2.78. The minimum Gasteiger partial charge on any atom is -0.495 e. The predicted molar refractivity (Wildman–Crippen MR) is 112 cm³/mol. The van der Waals surface area contributed by atoms with E-state index in [0.29, 0.717) is 30.1 Å². The average molecular weight is 393 g/mol. The Labute approximate surface area is 168 Å². The number of rotatable bonds is 7. The summed E-state index contributed by atoms with van der Waals surface area (Å²) in [6.45, 7) is 1.87. The summed E-state index contributed by atoms with van der Waals surface area (Å²) in [5, 5.41) is 12.6. The highest BCUT2D eigenvalue weighted by Crippen LogP contribution is 2.27. The van der Waals surface area contributed by atoms with Gasteiger partial charge in [-0.1, -0.05) is 18.2 Å². The molecule has 0 aliphatic carbocycles. The van der Waals surface area contributed by atoms with E-state index in [4.69, 9.17) is 4.74 Å². The van der Waals surface area contributed by atoms with Crippen LogP contribution in [0, 0.1) is 0 Å². The van der Waals surface area contributed by atoms with Crippen LogP contribution in [-0.2, 0) is 11.2 Å². The maximum Gasteiger partial charge on any atom is 0.319 e.